The normalized spacial score (nSPS) is 20.3. The van der Waals surface area contributed by atoms with Crippen LogP contribution in [0, 0.1) is 0 Å². The second-order valence-electron chi connectivity index (χ2n) is 6.68. The van der Waals surface area contributed by atoms with E-state index in [0.717, 1.165) is 22.3 Å². The molecule has 1 aromatic carbocycles. The lowest BCUT2D eigenvalue weighted by atomic mass is 9.89. The van der Waals surface area contributed by atoms with Crippen LogP contribution < -0.4 is 11.0 Å². The first-order valence-electron chi connectivity index (χ1n) is 8.98. The third kappa shape index (κ3) is 2.58. The zero-order valence-electron chi connectivity index (χ0n) is 14.8. The third-order valence-corrected chi connectivity index (χ3v) is 5.03. The van der Waals surface area contributed by atoms with Crippen LogP contribution in [0.5, 0.6) is 0 Å². The van der Waals surface area contributed by atoms with Gasteiger partial charge in [-0.3, -0.25) is 9.59 Å². The van der Waals surface area contributed by atoms with Crippen molar-refractivity contribution in [2.24, 2.45) is 0 Å². The molecule has 0 atom stereocenters. The average Bonchev–Trinajstić information content (AvgIpc) is 2.74. The first-order chi connectivity index (χ1) is 13.7. The van der Waals surface area contributed by atoms with Crippen molar-refractivity contribution in [2.75, 3.05) is 0 Å². The predicted molar refractivity (Wildman–Crippen MR) is 102 cm³/mol. The molecule has 2 aliphatic carbocycles. The smallest absolute Gasteiger partial charge is 0.284 e. The summed E-state index contributed by atoms with van der Waals surface area (Å²) in [5, 5.41) is 0. The van der Waals surface area contributed by atoms with E-state index in [1.807, 2.05) is 60.7 Å². The first kappa shape index (κ1) is 16.4. The highest BCUT2D eigenvalue weighted by Crippen LogP contribution is 2.35. The van der Waals surface area contributed by atoms with Crippen LogP contribution in [0.1, 0.15) is 24.0 Å². The van der Waals surface area contributed by atoms with E-state index in [0.29, 0.717) is 35.5 Å². The van der Waals surface area contributed by atoms with Crippen molar-refractivity contribution < 1.29 is 19.3 Å². The van der Waals surface area contributed by atoms with Gasteiger partial charge in [0.2, 0.25) is 0 Å². The summed E-state index contributed by atoms with van der Waals surface area (Å²) in [6, 6.07) is 7.43. The van der Waals surface area contributed by atoms with Crippen LogP contribution in [0.2, 0.25) is 0 Å². The molecule has 2 heterocycles. The number of hydrogen-bond donors (Lipinski definition) is 2. The van der Waals surface area contributed by atoms with Crippen molar-refractivity contribution in [1.82, 2.24) is 11.0 Å². The predicted octanol–water partition coefficient (Wildman–Crippen LogP) is 3.00. The largest absolute Gasteiger partial charge is 0.379 e. The summed E-state index contributed by atoms with van der Waals surface area (Å²) in [7, 11) is 0. The Labute approximate surface area is 161 Å². The fourth-order valence-corrected chi connectivity index (χ4v) is 3.72. The molecule has 0 unspecified atom stereocenters. The second kappa shape index (κ2) is 6.42. The molecule has 1 aromatic rings. The van der Waals surface area contributed by atoms with Crippen LogP contribution in [0.3, 0.4) is 0 Å². The Morgan fingerprint density at radius 2 is 1.11 bits per heavy atom. The SMILES string of the molecule is O=C1NOC2=CC=CCC2=C1c1ccc(C2=C3CC=CC=C3ONC2=O)cc1. The average molecular weight is 372 g/mol. The van der Waals surface area contributed by atoms with Crippen LogP contribution in [0.4, 0.5) is 0 Å². The quantitative estimate of drug-likeness (QED) is 0.837. The zero-order chi connectivity index (χ0) is 19.1. The summed E-state index contributed by atoms with van der Waals surface area (Å²) in [5.74, 6) is 0.754. The number of hydrogen-bond acceptors (Lipinski definition) is 4. The topological polar surface area (TPSA) is 76.7 Å². The van der Waals surface area contributed by atoms with E-state index >= 15 is 0 Å². The standard InChI is InChI=1S/C22H16N2O4/c25-21-19(15-5-1-3-7-17(15)27-23-21)13-9-11-14(12-10-13)20-16-6-2-4-8-18(16)28-24-22(20)26/h1-4,7-12H,5-6H2,(H,23,25)(H,24,26). The molecule has 2 aliphatic heterocycles. The van der Waals surface area contributed by atoms with Gasteiger partial charge >= 0.3 is 0 Å². The van der Waals surface area contributed by atoms with Crippen LogP contribution in [-0.2, 0) is 19.3 Å². The molecule has 0 saturated carbocycles. The minimum atomic E-state index is -0.274. The third-order valence-electron chi connectivity index (χ3n) is 5.03. The Kier molecular flexibility index (Phi) is 3.76. The zero-order valence-corrected chi connectivity index (χ0v) is 14.8. The first-order valence-corrected chi connectivity index (χ1v) is 8.98. The van der Waals surface area contributed by atoms with Gasteiger partial charge in [-0.15, -0.1) is 0 Å². The minimum Gasteiger partial charge on any atom is -0.379 e. The molecule has 6 nitrogen and oxygen atoms in total. The molecular weight excluding hydrogens is 356 g/mol. The molecule has 0 saturated heterocycles. The Balaban J connectivity index is 1.57. The van der Waals surface area contributed by atoms with Crippen molar-refractivity contribution in [3.8, 4) is 0 Å². The summed E-state index contributed by atoms with van der Waals surface area (Å²) >= 11 is 0. The molecule has 0 fully saturated rings. The molecule has 138 valence electrons. The van der Waals surface area contributed by atoms with Crippen molar-refractivity contribution in [3.63, 3.8) is 0 Å². The Morgan fingerprint density at radius 1 is 0.679 bits per heavy atom. The van der Waals surface area contributed by atoms with Crippen LogP contribution in [0.25, 0.3) is 11.1 Å². The van der Waals surface area contributed by atoms with Crippen LogP contribution >= 0.6 is 0 Å². The van der Waals surface area contributed by atoms with E-state index in [1.54, 1.807) is 0 Å². The van der Waals surface area contributed by atoms with Gasteiger partial charge in [-0.1, -0.05) is 48.6 Å². The maximum atomic E-state index is 12.4. The highest BCUT2D eigenvalue weighted by molar-refractivity contribution is 6.23. The fraction of sp³-hybridized carbons (Fsp3) is 0.0909. The Bertz CT molecular complexity index is 995. The van der Waals surface area contributed by atoms with Crippen molar-refractivity contribution in [3.05, 3.63) is 94.5 Å². The van der Waals surface area contributed by atoms with Gasteiger partial charge in [0, 0.05) is 11.1 Å². The van der Waals surface area contributed by atoms with E-state index in [1.165, 1.54) is 0 Å². The van der Waals surface area contributed by atoms with E-state index in [4.69, 9.17) is 9.68 Å². The number of carbonyl (C=O) groups excluding carboxylic acids is 2. The van der Waals surface area contributed by atoms with Crippen molar-refractivity contribution in [1.29, 1.82) is 0 Å². The minimum absolute atomic E-state index is 0.274. The van der Waals surface area contributed by atoms with Gasteiger partial charge in [-0.05, 0) is 36.1 Å². The summed E-state index contributed by atoms with van der Waals surface area (Å²) in [6.07, 6.45) is 12.7. The summed E-state index contributed by atoms with van der Waals surface area (Å²) in [4.78, 5) is 35.5. The number of allylic oxidation sites excluding steroid dienone is 8. The summed E-state index contributed by atoms with van der Waals surface area (Å²) in [6.45, 7) is 0. The van der Waals surface area contributed by atoms with E-state index in [9.17, 15) is 9.59 Å². The lowest BCUT2D eigenvalue weighted by molar-refractivity contribution is -0.126. The number of fused-ring (bicyclic) bond motifs is 2. The van der Waals surface area contributed by atoms with Crippen LogP contribution in [0.15, 0.2) is 83.4 Å². The van der Waals surface area contributed by atoms with Gasteiger partial charge < -0.3 is 9.68 Å². The number of amides is 2. The molecule has 4 aliphatic rings. The maximum absolute atomic E-state index is 12.4. The van der Waals surface area contributed by atoms with Gasteiger partial charge in [-0.2, -0.15) is 11.0 Å². The lowest BCUT2D eigenvalue weighted by Crippen LogP contribution is -2.31. The number of hydroxylamine groups is 2. The van der Waals surface area contributed by atoms with E-state index in [2.05, 4.69) is 11.0 Å². The molecule has 0 radical (unpaired) electrons. The number of rotatable bonds is 2. The molecule has 2 amide bonds. The molecule has 5 rings (SSSR count). The van der Waals surface area contributed by atoms with Crippen LogP contribution in [-0.4, -0.2) is 11.8 Å². The molecular formula is C22H16N2O4. The Hall–Kier alpha value is -3.80. The molecule has 6 heteroatoms. The Morgan fingerprint density at radius 3 is 1.54 bits per heavy atom. The molecule has 0 bridgehead atoms. The van der Waals surface area contributed by atoms with Gasteiger partial charge in [0.15, 0.2) is 11.5 Å². The summed E-state index contributed by atoms with van der Waals surface area (Å²) in [5.41, 5.74) is 9.33. The number of benzene rings is 1. The number of carbonyl (C=O) groups is 2. The highest BCUT2D eigenvalue weighted by Gasteiger charge is 2.29. The lowest BCUT2D eigenvalue weighted by Gasteiger charge is -2.25. The maximum Gasteiger partial charge on any atom is 0.284 e. The molecule has 2 N–H and O–H groups in total. The van der Waals surface area contributed by atoms with E-state index in [-0.39, 0.29) is 11.8 Å². The van der Waals surface area contributed by atoms with Gasteiger partial charge in [0.1, 0.15) is 0 Å². The van der Waals surface area contributed by atoms with Crippen molar-refractivity contribution >= 4 is 23.0 Å². The second-order valence-corrected chi connectivity index (χ2v) is 6.68. The van der Waals surface area contributed by atoms with E-state index < -0.39 is 0 Å². The molecule has 0 spiro atoms. The summed E-state index contributed by atoms with van der Waals surface area (Å²) < 4.78 is 0. The number of nitrogens with one attached hydrogen (secondary N) is 2. The monoisotopic (exact) mass is 372 g/mol. The van der Waals surface area contributed by atoms with Gasteiger partial charge in [0.05, 0.1) is 11.1 Å². The highest BCUT2D eigenvalue weighted by atomic mass is 16.7. The van der Waals surface area contributed by atoms with Gasteiger partial charge in [-0.25, -0.2) is 0 Å². The molecule has 0 aromatic heterocycles. The fourth-order valence-electron chi connectivity index (χ4n) is 3.72. The van der Waals surface area contributed by atoms with Crippen molar-refractivity contribution in [2.45, 2.75) is 12.8 Å². The molecule has 28 heavy (non-hydrogen) atoms. The van der Waals surface area contributed by atoms with Gasteiger partial charge in [0.25, 0.3) is 11.8 Å².